The molecule has 0 fully saturated rings. The Labute approximate surface area is 212 Å². The maximum absolute atomic E-state index is 12.4. The van der Waals surface area contributed by atoms with E-state index in [9.17, 15) is 14.4 Å². The summed E-state index contributed by atoms with van der Waals surface area (Å²) in [5, 5.41) is 2.28. The van der Waals surface area contributed by atoms with Gasteiger partial charge in [0.25, 0.3) is 10.2 Å². The molecule has 3 rings (SSSR count). The van der Waals surface area contributed by atoms with Crippen LogP contribution in [0.4, 0.5) is 4.79 Å². The summed E-state index contributed by atoms with van der Waals surface area (Å²) < 4.78 is 21.3. The fraction of sp³-hybridized carbons (Fsp3) is 0.320. The van der Waals surface area contributed by atoms with Crippen molar-refractivity contribution in [3.63, 3.8) is 0 Å². The van der Waals surface area contributed by atoms with E-state index < -0.39 is 11.7 Å². The average molecular weight is 518 g/mol. The Morgan fingerprint density at radius 3 is 2.03 bits per heavy atom. The average Bonchev–Trinajstić information content (AvgIpc) is 3.52. The van der Waals surface area contributed by atoms with Crippen LogP contribution in [0.1, 0.15) is 53.0 Å². The fourth-order valence-electron chi connectivity index (χ4n) is 2.82. The molecular weight excluding hydrogens is 490 g/mol. The third-order valence-corrected chi connectivity index (χ3v) is 6.22. The summed E-state index contributed by atoms with van der Waals surface area (Å²) in [7, 11) is 0. The summed E-state index contributed by atoms with van der Waals surface area (Å²) in [5.41, 5.74) is 1.18. The van der Waals surface area contributed by atoms with Crippen LogP contribution < -0.4 is 10.1 Å². The number of nitrogens with one attached hydrogen (secondary N) is 1. The summed E-state index contributed by atoms with van der Waals surface area (Å²) >= 11 is 2.23. The molecule has 2 heterocycles. The van der Waals surface area contributed by atoms with Crippen molar-refractivity contribution < 1.29 is 32.7 Å². The zero-order chi connectivity index (χ0) is 25.3. The van der Waals surface area contributed by atoms with E-state index in [1.54, 1.807) is 51.1 Å². The molecule has 10 heteroatoms. The monoisotopic (exact) mass is 517 g/mol. The van der Waals surface area contributed by atoms with Crippen LogP contribution in [0.15, 0.2) is 63.8 Å². The summed E-state index contributed by atoms with van der Waals surface area (Å²) in [6.07, 6.45) is 2.40. The van der Waals surface area contributed by atoms with E-state index in [1.807, 2.05) is 12.1 Å². The van der Waals surface area contributed by atoms with Gasteiger partial charge in [-0.1, -0.05) is 29.6 Å². The van der Waals surface area contributed by atoms with Crippen molar-refractivity contribution in [1.82, 2.24) is 5.32 Å². The lowest BCUT2D eigenvalue weighted by Crippen LogP contribution is -2.34. The zero-order valence-corrected chi connectivity index (χ0v) is 21.3. The number of carbonyl (C=O) groups is 3. The van der Waals surface area contributed by atoms with Gasteiger partial charge >= 0.3 is 6.09 Å². The number of hydrogen-bond acceptors (Lipinski definition) is 9. The first kappa shape index (κ1) is 26.5. The Kier molecular flexibility index (Phi) is 9.50. The number of benzene rings is 1. The van der Waals surface area contributed by atoms with Crippen LogP contribution in [0.2, 0.25) is 0 Å². The number of ether oxygens (including phenoxy) is 2. The highest BCUT2D eigenvalue weighted by Gasteiger charge is 2.17. The van der Waals surface area contributed by atoms with Gasteiger partial charge < -0.3 is 23.6 Å². The Bertz CT molecular complexity index is 1120. The molecule has 0 unspecified atom stereocenters. The highest BCUT2D eigenvalue weighted by atomic mass is 32.2. The quantitative estimate of drug-likeness (QED) is 0.328. The van der Waals surface area contributed by atoms with Crippen molar-refractivity contribution >= 4 is 39.8 Å². The van der Waals surface area contributed by atoms with Gasteiger partial charge in [-0.3, -0.25) is 9.59 Å². The topological polar surface area (TPSA) is 108 Å². The van der Waals surface area contributed by atoms with Crippen molar-refractivity contribution in [2.24, 2.45) is 0 Å². The van der Waals surface area contributed by atoms with Crippen LogP contribution in [-0.2, 0) is 16.2 Å². The number of amides is 1. The van der Waals surface area contributed by atoms with Crippen LogP contribution in [0.3, 0.4) is 0 Å². The third kappa shape index (κ3) is 8.88. The molecule has 0 aliphatic heterocycles. The number of rotatable bonds is 10. The molecule has 0 saturated heterocycles. The van der Waals surface area contributed by atoms with Crippen LogP contribution in [0.5, 0.6) is 5.75 Å². The molecule has 1 N–H and O–H groups in total. The maximum atomic E-state index is 12.4. The molecular formula is C25H27NO7S2. The molecule has 186 valence electrons. The Balaban J connectivity index is 1.61. The van der Waals surface area contributed by atoms with Gasteiger partial charge in [-0.05, 0) is 68.3 Å². The van der Waals surface area contributed by atoms with Gasteiger partial charge in [-0.15, -0.1) is 0 Å². The first-order valence-corrected chi connectivity index (χ1v) is 12.8. The molecule has 0 atom stereocenters. The van der Waals surface area contributed by atoms with Crippen LogP contribution >= 0.6 is 23.5 Å². The molecule has 8 nitrogen and oxygen atoms in total. The number of alkyl carbamates (subject to hydrolysis) is 1. The highest BCUT2D eigenvalue weighted by Crippen LogP contribution is 2.28. The van der Waals surface area contributed by atoms with E-state index >= 15 is 0 Å². The Morgan fingerprint density at radius 2 is 1.49 bits per heavy atom. The number of hydrogen-bond donors (Lipinski definition) is 1. The second-order valence-electron chi connectivity index (χ2n) is 8.31. The third-order valence-electron chi connectivity index (χ3n) is 4.38. The van der Waals surface area contributed by atoms with Crippen LogP contribution in [0.25, 0.3) is 0 Å². The van der Waals surface area contributed by atoms with Crippen LogP contribution in [0, 0.1) is 0 Å². The molecule has 0 radical (unpaired) electrons. The molecule has 1 aromatic carbocycles. The number of carbonyl (C=O) groups excluding carboxylic acids is 3. The molecule has 0 spiro atoms. The van der Waals surface area contributed by atoms with Gasteiger partial charge in [-0.25, -0.2) is 4.79 Å². The van der Waals surface area contributed by atoms with E-state index in [4.69, 9.17) is 18.3 Å². The van der Waals surface area contributed by atoms with Crippen molar-refractivity contribution in [2.75, 3.05) is 13.2 Å². The van der Waals surface area contributed by atoms with Gasteiger partial charge in [0.1, 0.15) is 18.0 Å². The minimum absolute atomic E-state index is 0.172. The molecule has 0 aliphatic carbocycles. The molecule has 0 aliphatic rings. The summed E-state index contributed by atoms with van der Waals surface area (Å²) in [5.74, 6) is 1.93. The van der Waals surface area contributed by atoms with E-state index in [-0.39, 0.29) is 34.9 Å². The highest BCUT2D eigenvalue weighted by molar-refractivity contribution is 8.13. The van der Waals surface area contributed by atoms with Crippen molar-refractivity contribution in [3.05, 3.63) is 77.6 Å². The van der Waals surface area contributed by atoms with Gasteiger partial charge in [0.05, 0.1) is 19.1 Å². The molecule has 2 aromatic heterocycles. The fourth-order valence-corrected chi connectivity index (χ4v) is 4.46. The minimum atomic E-state index is -0.573. The Hall–Kier alpha value is -3.11. The molecule has 0 bridgehead atoms. The van der Waals surface area contributed by atoms with E-state index in [2.05, 4.69) is 5.32 Å². The van der Waals surface area contributed by atoms with E-state index in [0.29, 0.717) is 17.3 Å². The van der Waals surface area contributed by atoms with E-state index in [1.165, 1.54) is 12.5 Å². The standard InChI is InChI=1S/C25H27NO7S2/c1-25(2,3)33-24(29)26-10-13-30-19-9-8-17(15-34-22(27)20-6-4-11-31-20)18(14-19)16-35-23(28)21-7-5-12-32-21/h4-9,11-12,14H,10,13,15-16H2,1-3H3,(H,26,29). The van der Waals surface area contributed by atoms with Crippen molar-refractivity contribution in [1.29, 1.82) is 0 Å². The van der Waals surface area contributed by atoms with Gasteiger partial charge in [0.2, 0.25) is 0 Å². The predicted octanol–water partition coefficient (Wildman–Crippen LogP) is 5.92. The molecule has 1 amide bonds. The lowest BCUT2D eigenvalue weighted by molar-refractivity contribution is 0.0520. The number of thioether (sulfide) groups is 2. The SMILES string of the molecule is CC(C)(C)OC(=O)NCCOc1ccc(CSC(=O)c2ccco2)c(CSC(=O)c2ccco2)c1. The zero-order valence-electron chi connectivity index (χ0n) is 19.7. The molecule has 3 aromatic rings. The number of furan rings is 2. The largest absolute Gasteiger partial charge is 0.492 e. The van der Waals surface area contributed by atoms with E-state index in [0.717, 1.165) is 34.7 Å². The maximum Gasteiger partial charge on any atom is 0.407 e. The van der Waals surface area contributed by atoms with Crippen LogP contribution in [-0.4, -0.2) is 35.1 Å². The van der Waals surface area contributed by atoms with Gasteiger partial charge in [-0.2, -0.15) is 0 Å². The summed E-state index contributed by atoms with van der Waals surface area (Å²) in [4.78, 5) is 36.5. The van der Waals surface area contributed by atoms with Gasteiger partial charge in [0.15, 0.2) is 11.5 Å². The summed E-state index contributed by atoms with van der Waals surface area (Å²) in [6.45, 7) is 5.89. The first-order valence-electron chi connectivity index (χ1n) is 10.8. The van der Waals surface area contributed by atoms with Gasteiger partial charge in [0, 0.05) is 11.5 Å². The molecule has 35 heavy (non-hydrogen) atoms. The first-order chi connectivity index (χ1) is 16.7. The second kappa shape index (κ2) is 12.6. The Morgan fingerprint density at radius 1 is 0.886 bits per heavy atom. The minimum Gasteiger partial charge on any atom is -0.492 e. The smallest absolute Gasteiger partial charge is 0.407 e. The molecule has 0 saturated carbocycles. The van der Waals surface area contributed by atoms with Crippen molar-refractivity contribution in [2.45, 2.75) is 37.9 Å². The lowest BCUT2D eigenvalue weighted by Gasteiger charge is -2.19. The normalized spacial score (nSPS) is 11.2. The predicted molar refractivity (Wildman–Crippen MR) is 135 cm³/mol. The second-order valence-corrected chi connectivity index (χ2v) is 10.2. The lowest BCUT2D eigenvalue weighted by atomic mass is 10.1. The summed E-state index contributed by atoms with van der Waals surface area (Å²) in [6, 6.07) is 12.1. The van der Waals surface area contributed by atoms with Crippen molar-refractivity contribution in [3.8, 4) is 5.75 Å².